The predicted octanol–water partition coefficient (Wildman–Crippen LogP) is 4.54. The molecule has 1 saturated heterocycles. The van der Waals surface area contributed by atoms with Gasteiger partial charge in [0.05, 0.1) is 23.2 Å². The highest BCUT2D eigenvalue weighted by atomic mass is 35.5. The average molecular weight is 525 g/mol. The number of hydrogen-bond donors (Lipinski definition) is 1. The highest BCUT2D eigenvalue weighted by Gasteiger charge is 2.40. The first kappa shape index (κ1) is 25.9. The summed E-state index contributed by atoms with van der Waals surface area (Å²) in [6.07, 6.45) is 9.21. The molecule has 3 aromatic rings. The SMILES string of the molecule is COc1cc(-n2cc(C(=O)NCC3(N4CCN(C(C)C)CC4)CCCCC3)c3c(Cl)cccc32)ncn1. The molecule has 37 heavy (non-hydrogen) atoms. The highest BCUT2D eigenvalue weighted by Crippen LogP contribution is 2.35. The molecule has 9 heteroatoms. The van der Waals surface area contributed by atoms with E-state index in [1.54, 1.807) is 13.2 Å². The van der Waals surface area contributed by atoms with Gasteiger partial charge in [-0.2, -0.15) is 0 Å². The number of hydrogen-bond acceptors (Lipinski definition) is 6. The van der Waals surface area contributed by atoms with Crippen LogP contribution in [0.4, 0.5) is 0 Å². The summed E-state index contributed by atoms with van der Waals surface area (Å²) in [5.74, 6) is 0.963. The Hall–Kier alpha value is -2.68. The number of methoxy groups -OCH3 is 1. The van der Waals surface area contributed by atoms with Crippen LogP contribution >= 0.6 is 11.6 Å². The second-order valence-electron chi connectivity index (χ2n) is 10.5. The Morgan fingerprint density at radius 1 is 1.14 bits per heavy atom. The summed E-state index contributed by atoms with van der Waals surface area (Å²) >= 11 is 6.64. The normalized spacial score (nSPS) is 18.8. The van der Waals surface area contributed by atoms with E-state index in [-0.39, 0.29) is 11.4 Å². The molecule has 2 aliphatic rings. The van der Waals surface area contributed by atoms with E-state index in [9.17, 15) is 4.79 Å². The van der Waals surface area contributed by atoms with Crippen molar-refractivity contribution in [2.75, 3.05) is 39.8 Å². The summed E-state index contributed by atoms with van der Waals surface area (Å²) in [5, 5.41) is 4.59. The third-order valence-corrected chi connectivity index (χ3v) is 8.50. The van der Waals surface area contributed by atoms with Crippen molar-refractivity contribution in [1.29, 1.82) is 0 Å². The molecule has 1 amide bonds. The van der Waals surface area contributed by atoms with Gasteiger partial charge in [-0.25, -0.2) is 9.97 Å². The first-order chi connectivity index (χ1) is 17.9. The topological polar surface area (TPSA) is 75.5 Å². The smallest absolute Gasteiger partial charge is 0.253 e. The maximum Gasteiger partial charge on any atom is 0.253 e. The largest absolute Gasteiger partial charge is 0.481 e. The minimum atomic E-state index is -0.108. The monoisotopic (exact) mass is 524 g/mol. The van der Waals surface area contributed by atoms with Gasteiger partial charge < -0.3 is 14.6 Å². The highest BCUT2D eigenvalue weighted by molar-refractivity contribution is 6.37. The lowest BCUT2D eigenvalue weighted by atomic mass is 9.79. The van der Waals surface area contributed by atoms with Crippen LogP contribution in [0.1, 0.15) is 56.3 Å². The van der Waals surface area contributed by atoms with Crippen molar-refractivity contribution >= 4 is 28.4 Å². The molecule has 0 spiro atoms. The fourth-order valence-electron chi connectivity index (χ4n) is 6.05. The molecule has 5 rings (SSSR count). The summed E-state index contributed by atoms with van der Waals surface area (Å²) in [6, 6.07) is 7.97. The van der Waals surface area contributed by atoms with Gasteiger partial charge in [0.15, 0.2) is 0 Å². The first-order valence-electron chi connectivity index (χ1n) is 13.4. The molecule has 8 nitrogen and oxygen atoms in total. The van der Waals surface area contributed by atoms with E-state index in [4.69, 9.17) is 16.3 Å². The average Bonchev–Trinajstić information content (AvgIpc) is 3.33. The van der Waals surface area contributed by atoms with Crippen molar-refractivity contribution in [3.8, 4) is 11.7 Å². The van der Waals surface area contributed by atoms with Crippen LogP contribution in [0.15, 0.2) is 36.8 Å². The molecular weight excluding hydrogens is 488 g/mol. The number of fused-ring (bicyclic) bond motifs is 1. The number of nitrogens with zero attached hydrogens (tertiary/aromatic N) is 5. The second kappa shape index (κ2) is 11.0. The molecular formula is C28H37ClN6O2. The van der Waals surface area contributed by atoms with Crippen molar-refractivity contribution < 1.29 is 9.53 Å². The lowest BCUT2D eigenvalue weighted by Crippen LogP contribution is -2.62. The van der Waals surface area contributed by atoms with Crippen LogP contribution in [0.2, 0.25) is 5.02 Å². The molecule has 1 saturated carbocycles. The van der Waals surface area contributed by atoms with E-state index in [0.717, 1.165) is 49.9 Å². The molecule has 1 N–H and O–H groups in total. The molecule has 198 valence electrons. The molecule has 0 bridgehead atoms. The van der Waals surface area contributed by atoms with E-state index in [1.807, 2.05) is 29.0 Å². The van der Waals surface area contributed by atoms with Crippen LogP contribution in [0, 0.1) is 0 Å². The lowest BCUT2D eigenvalue weighted by molar-refractivity contribution is 0.000839. The van der Waals surface area contributed by atoms with Crippen LogP contribution in [0.5, 0.6) is 5.88 Å². The van der Waals surface area contributed by atoms with Crippen molar-refractivity contribution in [1.82, 2.24) is 29.7 Å². The fourth-order valence-corrected chi connectivity index (χ4v) is 6.32. The molecule has 0 unspecified atom stereocenters. The van der Waals surface area contributed by atoms with E-state index in [2.05, 4.69) is 38.9 Å². The van der Waals surface area contributed by atoms with Crippen LogP contribution in [-0.4, -0.2) is 81.7 Å². The quantitative estimate of drug-likeness (QED) is 0.489. The summed E-state index contributed by atoms with van der Waals surface area (Å²) < 4.78 is 7.16. The summed E-state index contributed by atoms with van der Waals surface area (Å²) in [7, 11) is 1.57. The van der Waals surface area contributed by atoms with Gasteiger partial charge in [0.25, 0.3) is 5.91 Å². The Labute approximate surface area is 224 Å². The van der Waals surface area contributed by atoms with E-state index >= 15 is 0 Å². The number of benzene rings is 1. The number of carbonyl (C=O) groups excluding carboxylic acids is 1. The predicted molar refractivity (Wildman–Crippen MR) is 147 cm³/mol. The number of halogens is 1. The van der Waals surface area contributed by atoms with Gasteiger partial charge in [-0.15, -0.1) is 0 Å². The minimum absolute atomic E-state index is 0.0131. The fraction of sp³-hybridized carbons (Fsp3) is 0.536. The Bertz CT molecular complexity index is 1240. The van der Waals surface area contributed by atoms with Crippen LogP contribution < -0.4 is 10.1 Å². The summed E-state index contributed by atoms with van der Waals surface area (Å²) in [6.45, 7) is 9.45. The van der Waals surface area contributed by atoms with E-state index in [1.165, 1.54) is 25.6 Å². The summed E-state index contributed by atoms with van der Waals surface area (Å²) in [5.41, 5.74) is 1.38. The molecule has 0 atom stereocenters. The zero-order chi connectivity index (χ0) is 26.0. The van der Waals surface area contributed by atoms with E-state index in [0.29, 0.717) is 34.9 Å². The number of ether oxygens (including phenoxy) is 1. The Morgan fingerprint density at radius 2 is 1.89 bits per heavy atom. The zero-order valence-electron chi connectivity index (χ0n) is 22.0. The van der Waals surface area contributed by atoms with Crippen LogP contribution in [0.3, 0.4) is 0 Å². The molecule has 0 radical (unpaired) electrons. The van der Waals surface area contributed by atoms with Crippen LogP contribution in [0.25, 0.3) is 16.7 Å². The maximum atomic E-state index is 13.7. The van der Waals surface area contributed by atoms with Crippen molar-refractivity contribution in [2.45, 2.75) is 57.5 Å². The van der Waals surface area contributed by atoms with Crippen molar-refractivity contribution in [2.24, 2.45) is 0 Å². The lowest BCUT2D eigenvalue weighted by Gasteiger charge is -2.50. The van der Waals surface area contributed by atoms with Gasteiger partial charge in [0, 0.05) is 62.0 Å². The van der Waals surface area contributed by atoms with Gasteiger partial charge in [-0.05, 0) is 38.8 Å². The van der Waals surface area contributed by atoms with Crippen molar-refractivity contribution in [3.05, 3.63) is 47.4 Å². The molecule has 1 aliphatic carbocycles. The van der Waals surface area contributed by atoms with Crippen LogP contribution in [-0.2, 0) is 0 Å². The van der Waals surface area contributed by atoms with Gasteiger partial charge in [-0.3, -0.25) is 14.6 Å². The third kappa shape index (κ3) is 5.19. The van der Waals surface area contributed by atoms with Gasteiger partial charge in [0.1, 0.15) is 12.1 Å². The Balaban J connectivity index is 1.41. The van der Waals surface area contributed by atoms with Crippen molar-refractivity contribution in [3.63, 3.8) is 0 Å². The Morgan fingerprint density at radius 3 is 2.59 bits per heavy atom. The molecule has 2 aromatic heterocycles. The van der Waals surface area contributed by atoms with Gasteiger partial charge in [0.2, 0.25) is 5.88 Å². The van der Waals surface area contributed by atoms with Gasteiger partial charge in [-0.1, -0.05) is 36.9 Å². The second-order valence-corrected chi connectivity index (χ2v) is 11.0. The number of amides is 1. The number of aromatic nitrogens is 3. The summed E-state index contributed by atoms with van der Waals surface area (Å²) in [4.78, 5) is 27.4. The molecule has 1 aromatic carbocycles. The number of carbonyl (C=O) groups is 1. The number of piperazine rings is 1. The molecule has 2 fully saturated rings. The minimum Gasteiger partial charge on any atom is -0.481 e. The number of nitrogens with one attached hydrogen (secondary N) is 1. The Kier molecular flexibility index (Phi) is 7.70. The maximum absolute atomic E-state index is 13.7. The number of rotatable bonds is 7. The zero-order valence-corrected chi connectivity index (χ0v) is 22.8. The first-order valence-corrected chi connectivity index (χ1v) is 13.7. The van der Waals surface area contributed by atoms with Gasteiger partial charge >= 0.3 is 0 Å². The standard InChI is InChI=1S/C28H37ClN6O2/c1-20(2)33-12-14-34(15-13-33)28(10-5-4-6-11-28)18-30-27(36)21-17-35(23-9-7-8-22(29)26(21)23)24-16-25(37-3)32-19-31-24/h7-9,16-17,19-20H,4-6,10-15,18H2,1-3H3,(H,30,36). The molecule has 3 heterocycles. The molecule has 1 aliphatic heterocycles. The van der Waals surface area contributed by atoms with E-state index < -0.39 is 0 Å². The third-order valence-electron chi connectivity index (χ3n) is 8.18.